The van der Waals surface area contributed by atoms with E-state index in [1.165, 1.54) is 19.2 Å². The highest BCUT2D eigenvalue weighted by Crippen LogP contribution is 2.44. The largest absolute Gasteiger partial charge is 0.481 e. The van der Waals surface area contributed by atoms with Gasteiger partial charge in [-0.3, -0.25) is 0 Å². The van der Waals surface area contributed by atoms with Crippen LogP contribution in [0.4, 0.5) is 22.0 Å². The van der Waals surface area contributed by atoms with Crippen molar-refractivity contribution in [2.24, 2.45) is 0 Å². The quantitative estimate of drug-likeness (QED) is 0.877. The van der Waals surface area contributed by atoms with Crippen LogP contribution < -0.4 is 4.74 Å². The lowest BCUT2D eigenvalue weighted by Crippen LogP contribution is -2.34. The number of aromatic nitrogens is 2. The number of hydrogen-bond donors (Lipinski definition) is 1. The molecule has 1 atom stereocenters. The third-order valence-corrected chi connectivity index (χ3v) is 3.25. The number of aliphatic hydroxyl groups is 1. The fourth-order valence-corrected chi connectivity index (χ4v) is 2.03. The van der Waals surface area contributed by atoms with E-state index in [4.69, 9.17) is 4.74 Å². The molecular formula is C13H13F5N2O2. The number of rotatable bonds is 4. The minimum atomic E-state index is -5.76. The van der Waals surface area contributed by atoms with E-state index in [-0.39, 0.29) is 23.4 Å². The zero-order valence-corrected chi connectivity index (χ0v) is 11.7. The first kappa shape index (κ1) is 16.5. The van der Waals surface area contributed by atoms with E-state index in [0.717, 1.165) is 4.52 Å². The molecule has 9 heteroatoms. The van der Waals surface area contributed by atoms with Crippen molar-refractivity contribution in [3.63, 3.8) is 0 Å². The van der Waals surface area contributed by atoms with E-state index in [1.54, 1.807) is 6.92 Å². The van der Waals surface area contributed by atoms with E-state index in [2.05, 4.69) is 5.10 Å². The summed E-state index contributed by atoms with van der Waals surface area (Å²) < 4.78 is 70.0. The standard InChI is InChI=1S/C13H13F5N2O2/c1-3-9(21)7-4-5-11(22-2)20-8(7)6-10(19-20)12(14,15)13(16,17)18/h4-6,9,21H,3H2,1-2H3. The Kier molecular flexibility index (Phi) is 4.03. The molecule has 2 rings (SSSR count). The van der Waals surface area contributed by atoms with Gasteiger partial charge in [-0.05, 0) is 18.6 Å². The number of pyridine rings is 1. The summed E-state index contributed by atoms with van der Waals surface area (Å²) in [6.45, 7) is 1.65. The van der Waals surface area contributed by atoms with Gasteiger partial charge in [0, 0.05) is 11.6 Å². The Bertz CT molecular complexity index is 681. The Morgan fingerprint density at radius 2 is 1.91 bits per heavy atom. The van der Waals surface area contributed by atoms with Crippen LogP contribution in [0.3, 0.4) is 0 Å². The topological polar surface area (TPSA) is 46.8 Å². The molecule has 122 valence electrons. The van der Waals surface area contributed by atoms with E-state index in [9.17, 15) is 27.1 Å². The summed E-state index contributed by atoms with van der Waals surface area (Å²) in [5.74, 6) is -5.12. The lowest BCUT2D eigenvalue weighted by Gasteiger charge is -2.16. The van der Waals surface area contributed by atoms with E-state index in [0.29, 0.717) is 6.07 Å². The predicted octanol–water partition coefficient (Wildman–Crippen LogP) is 3.44. The Morgan fingerprint density at radius 1 is 1.27 bits per heavy atom. The van der Waals surface area contributed by atoms with Gasteiger partial charge < -0.3 is 9.84 Å². The van der Waals surface area contributed by atoms with Crippen molar-refractivity contribution in [2.75, 3.05) is 7.11 Å². The van der Waals surface area contributed by atoms with Gasteiger partial charge in [0.15, 0.2) is 0 Å². The number of ether oxygens (including phenoxy) is 1. The monoisotopic (exact) mass is 324 g/mol. The molecule has 0 fully saturated rings. The van der Waals surface area contributed by atoms with Crippen LogP contribution in [0.1, 0.15) is 30.7 Å². The Hall–Kier alpha value is -1.90. The molecule has 2 heterocycles. The molecule has 0 saturated heterocycles. The van der Waals surface area contributed by atoms with Gasteiger partial charge in [-0.25, -0.2) is 4.52 Å². The van der Waals surface area contributed by atoms with Gasteiger partial charge in [0.05, 0.1) is 18.7 Å². The molecule has 22 heavy (non-hydrogen) atoms. The van der Waals surface area contributed by atoms with Gasteiger partial charge in [-0.15, -0.1) is 0 Å². The second-order valence-electron chi connectivity index (χ2n) is 4.65. The van der Waals surface area contributed by atoms with Gasteiger partial charge in [0.2, 0.25) is 5.88 Å². The van der Waals surface area contributed by atoms with Crippen LogP contribution in [0.25, 0.3) is 5.52 Å². The third-order valence-electron chi connectivity index (χ3n) is 3.25. The second kappa shape index (κ2) is 5.38. The molecule has 0 spiro atoms. The van der Waals surface area contributed by atoms with Crippen LogP contribution >= 0.6 is 0 Å². The highest BCUT2D eigenvalue weighted by molar-refractivity contribution is 5.59. The van der Waals surface area contributed by atoms with E-state index in [1.807, 2.05) is 0 Å². The van der Waals surface area contributed by atoms with Gasteiger partial charge >= 0.3 is 12.1 Å². The van der Waals surface area contributed by atoms with Crippen LogP contribution in [0.5, 0.6) is 5.88 Å². The molecule has 0 bridgehead atoms. The highest BCUT2D eigenvalue weighted by Gasteiger charge is 2.60. The lowest BCUT2D eigenvalue weighted by atomic mass is 10.1. The number of fused-ring (bicyclic) bond motifs is 1. The number of alkyl halides is 5. The molecule has 0 aliphatic heterocycles. The molecule has 0 amide bonds. The molecular weight excluding hydrogens is 311 g/mol. The second-order valence-corrected chi connectivity index (χ2v) is 4.65. The number of hydrogen-bond acceptors (Lipinski definition) is 3. The van der Waals surface area contributed by atoms with Gasteiger partial charge in [-0.1, -0.05) is 6.92 Å². The van der Waals surface area contributed by atoms with E-state index < -0.39 is 23.9 Å². The molecule has 0 aliphatic carbocycles. The average molecular weight is 324 g/mol. The smallest absolute Gasteiger partial charge is 0.459 e. The van der Waals surface area contributed by atoms with Crippen LogP contribution in [0, 0.1) is 0 Å². The molecule has 2 aromatic heterocycles. The number of methoxy groups -OCH3 is 1. The maximum absolute atomic E-state index is 13.4. The summed E-state index contributed by atoms with van der Waals surface area (Å²) in [5, 5.41) is 13.2. The number of nitrogens with zero attached hydrogens (tertiary/aromatic N) is 2. The Balaban J connectivity index is 2.71. The van der Waals surface area contributed by atoms with Crippen LogP contribution in [0.15, 0.2) is 18.2 Å². The molecule has 0 radical (unpaired) electrons. The molecule has 4 nitrogen and oxygen atoms in total. The maximum atomic E-state index is 13.4. The highest BCUT2D eigenvalue weighted by atomic mass is 19.4. The van der Waals surface area contributed by atoms with Crippen molar-refractivity contribution in [3.8, 4) is 5.88 Å². The van der Waals surface area contributed by atoms with Gasteiger partial charge in [-0.2, -0.15) is 27.1 Å². The Labute approximate surface area is 122 Å². The Morgan fingerprint density at radius 3 is 2.41 bits per heavy atom. The first-order valence-electron chi connectivity index (χ1n) is 6.33. The summed E-state index contributed by atoms with van der Waals surface area (Å²) in [6, 6.07) is 3.35. The predicted molar refractivity (Wildman–Crippen MR) is 66.9 cm³/mol. The fourth-order valence-electron chi connectivity index (χ4n) is 2.03. The third kappa shape index (κ3) is 2.49. The van der Waals surface area contributed by atoms with Crippen molar-refractivity contribution in [1.82, 2.24) is 9.61 Å². The van der Waals surface area contributed by atoms with Crippen molar-refractivity contribution in [2.45, 2.75) is 31.5 Å². The van der Waals surface area contributed by atoms with Gasteiger partial charge in [0.1, 0.15) is 5.69 Å². The molecule has 2 aromatic rings. The lowest BCUT2D eigenvalue weighted by molar-refractivity contribution is -0.291. The average Bonchev–Trinajstić information content (AvgIpc) is 2.89. The molecule has 0 aromatic carbocycles. The van der Waals surface area contributed by atoms with Crippen molar-refractivity contribution < 1.29 is 31.8 Å². The summed E-state index contributed by atoms with van der Waals surface area (Å²) in [4.78, 5) is 0. The van der Waals surface area contributed by atoms with Crippen LogP contribution in [-0.2, 0) is 5.92 Å². The normalized spacial score (nSPS) is 14.4. The van der Waals surface area contributed by atoms with Crippen molar-refractivity contribution >= 4 is 5.52 Å². The summed E-state index contributed by atoms with van der Waals surface area (Å²) in [6.07, 6.45) is -6.52. The minimum absolute atomic E-state index is 0.0220. The van der Waals surface area contributed by atoms with Crippen LogP contribution in [0.2, 0.25) is 0 Å². The molecule has 1 N–H and O–H groups in total. The SMILES string of the molecule is CCC(O)c1ccc(OC)n2nc(C(F)(F)C(F)(F)F)cc12. The maximum Gasteiger partial charge on any atom is 0.459 e. The number of halogens is 5. The van der Waals surface area contributed by atoms with Crippen molar-refractivity contribution in [3.05, 3.63) is 29.5 Å². The van der Waals surface area contributed by atoms with Gasteiger partial charge in [0.25, 0.3) is 0 Å². The first-order chi connectivity index (χ1) is 10.1. The molecule has 0 saturated carbocycles. The summed E-state index contributed by atoms with van der Waals surface area (Å²) in [5.41, 5.74) is -1.32. The van der Waals surface area contributed by atoms with Crippen LogP contribution in [-0.4, -0.2) is 28.0 Å². The summed E-state index contributed by atoms with van der Waals surface area (Å²) >= 11 is 0. The summed E-state index contributed by atoms with van der Waals surface area (Å²) in [7, 11) is 1.23. The number of aliphatic hydroxyl groups excluding tert-OH is 1. The zero-order valence-electron chi connectivity index (χ0n) is 11.7. The van der Waals surface area contributed by atoms with E-state index >= 15 is 0 Å². The zero-order chi connectivity index (χ0) is 16.7. The fraction of sp³-hybridized carbons (Fsp3) is 0.462. The first-order valence-corrected chi connectivity index (χ1v) is 6.33. The molecule has 1 unspecified atom stereocenters. The molecule has 0 aliphatic rings. The minimum Gasteiger partial charge on any atom is -0.481 e. The van der Waals surface area contributed by atoms with Crippen molar-refractivity contribution in [1.29, 1.82) is 0 Å².